The molecule has 1 unspecified atom stereocenters. The lowest BCUT2D eigenvalue weighted by Crippen LogP contribution is -2.15. The molecule has 0 aliphatic carbocycles. The Labute approximate surface area is 78.0 Å². The Bertz CT molecular complexity index is 111. The van der Waals surface area contributed by atoms with Gasteiger partial charge in [-0.1, -0.05) is 6.92 Å². The molecule has 0 aliphatic heterocycles. The molecule has 0 aromatic heterocycles. The number of aliphatic carboxylic acids is 1. The average molecular weight is 194 g/mol. The first-order valence-corrected chi connectivity index (χ1v) is 4.10. The fourth-order valence-electron chi connectivity index (χ4n) is 0.402. The second-order valence-electron chi connectivity index (χ2n) is 2.38. The Morgan fingerprint density at radius 2 is 2.00 bits per heavy atom. The molecule has 0 saturated heterocycles. The summed E-state index contributed by atoms with van der Waals surface area (Å²) in [5.41, 5.74) is 0. The predicted octanol–water partition coefficient (Wildman–Crippen LogP) is -0.143. The first-order chi connectivity index (χ1) is 6.04. The van der Waals surface area contributed by atoms with Crippen LogP contribution in [0.3, 0.4) is 0 Å². The van der Waals surface area contributed by atoms with Crippen LogP contribution in [0.1, 0.15) is 20.3 Å². The van der Waals surface area contributed by atoms with E-state index in [9.17, 15) is 0 Å². The highest BCUT2D eigenvalue weighted by Crippen LogP contribution is 1.89. The fraction of sp³-hybridized carbons (Fsp3) is 0.875. The lowest BCUT2D eigenvalue weighted by Gasteiger charge is -2.06. The molecule has 0 heterocycles. The fourth-order valence-corrected chi connectivity index (χ4v) is 0.402. The van der Waals surface area contributed by atoms with E-state index in [0.29, 0.717) is 19.6 Å². The van der Waals surface area contributed by atoms with Crippen LogP contribution in [0.2, 0.25) is 0 Å². The third-order valence-electron chi connectivity index (χ3n) is 1.02. The minimum absolute atomic E-state index is 0.0242. The minimum Gasteiger partial charge on any atom is -0.481 e. The normalized spacial score (nSPS) is 11.4. The van der Waals surface area contributed by atoms with Gasteiger partial charge in [0.25, 0.3) is 5.97 Å². The zero-order valence-electron chi connectivity index (χ0n) is 8.06. The largest absolute Gasteiger partial charge is 0.481 e. The van der Waals surface area contributed by atoms with E-state index in [0.717, 1.165) is 6.92 Å². The molecule has 0 fully saturated rings. The average Bonchev–Trinajstić information content (AvgIpc) is 2.03. The highest BCUT2D eigenvalue weighted by atomic mass is 16.5. The molecule has 0 bridgehead atoms. The van der Waals surface area contributed by atoms with Crippen LogP contribution in [0, 0.1) is 0 Å². The van der Waals surface area contributed by atoms with Gasteiger partial charge in [0.05, 0.1) is 25.9 Å². The first kappa shape index (κ1) is 14.9. The van der Waals surface area contributed by atoms with Crippen LogP contribution in [-0.2, 0) is 9.53 Å². The zero-order chi connectivity index (χ0) is 10.7. The van der Waals surface area contributed by atoms with Gasteiger partial charge in [-0.3, -0.25) is 4.79 Å². The number of aliphatic hydroxyl groups excluding tert-OH is 2. The summed E-state index contributed by atoms with van der Waals surface area (Å²) in [5, 5.41) is 24.5. The Morgan fingerprint density at radius 3 is 2.31 bits per heavy atom. The summed E-state index contributed by atoms with van der Waals surface area (Å²) in [5.74, 6) is -0.833. The number of ether oxygens (including phenoxy) is 1. The molecule has 0 spiro atoms. The summed E-state index contributed by atoms with van der Waals surface area (Å²) in [7, 11) is 0. The molecule has 0 aliphatic rings. The van der Waals surface area contributed by atoms with E-state index < -0.39 is 5.97 Å². The second kappa shape index (κ2) is 11.4. The van der Waals surface area contributed by atoms with Gasteiger partial charge in [-0.15, -0.1) is 0 Å². The first-order valence-electron chi connectivity index (χ1n) is 4.10. The van der Waals surface area contributed by atoms with Gasteiger partial charge in [-0.25, -0.2) is 0 Å². The lowest BCUT2D eigenvalue weighted by molar-refractivity contribution is -0.134. The summed E-state index contributed by atoms with van der Waals surface area (Å²) in [4.78, 5) is 9.00. The monoisotopic (exact) mass is 194 g/mol. The molecule has 80 valence electrons. The van der Waals surface area contributed by atoms with Crippen LogP contribution >= 0.6 is 0 Å². The Morgan fingerprint density at radius 1 is 1.54 bits per heavy atom. The third-order valence-corrected chi connectivity index (χ3v) is 1.02. The molecule has 5 nitrogen and oxygen atoms in total. The van der Waals surface area contributed by atoms with E-state index in [2.05, 4.69) is 0 Å². The van der Waals surface area contributed by atoms with Gasteiger partial charge in [0, 0.05) is 6.92 Å². The molecule has 1 atom stereocenters. The Kier molecular flexibility index (Phi) is 13.0. The van der Waals surface area contributed by atoms with Crippen LogP contribution in [0.4, 0.5) is 0 Å². The SMILES string of the molecule is CC(=O)O.CCC(O)COCCO. The van der Waals surface area contributed by atoms with Gasteiger partial charge < -0.3 is 20.1 Å². The van der Waals surface area contributed by atoms with Gasteiger partial charge in [-0.2, -0.15) is 0 Å². The number of carboxylic acid groups (broad SMARTS) is 1. The maximum Gasteiger partial charge on any atom is 0.300 e. The maximum atomic E-state index is 9.00. The summed E-state index contributed by atoms with van der Waals surface area (Å²) >= 11 is 0. The van der Waals surface area contributed by atoms with Crippen molar-refractivity contribution in [1.29, 1.82) is 0 Å². The molecule has 0 rings (SSSR count). The summed E-state index contributed by atoms with van der Waals surface area (Å²) in [6.07, 6.45) is 0.322. The van der Waals surface area contributed by atoms with Crippen molar-refractivity contribution >= 4 is 5.97 Å². The summed E-state index contributed by atoms with van der Waals surface area (Å²) in [6.45, 7) is 3.64. The van der Waals surface area contributed by atoms with Crippen LogP contribution in [0.5, 0.6) is 0 Å². The lowest BCUT2D eigenvalue weighted by atomic mass is 10.3. The van der Waals surface area contributed by atoms with Gasteiger partial charge in [0.2, 0.25) is 0 Å². The van der Waals surface area contributed by atoms with Crippen molar-refractivity contribution in [2.24, 2.45) is 0 Å². The molecule has 13 heavy (non-hydrogen) atoms. The van der Waals surface area contributed by atoms with Crippen molar-refractivity contribution in [2.45, 2.75) is 26.4 Å². The molecular weight excluding hydrogens is 176 g/mol. The van der Waals surface area contributed by atoms with Crippen molar-refractivity contribution in [3.63, 3.8) is 0 Å². The van der Waals surface area contributed by atoms with Crippen molar-refractivity contribution in [3.05, 3.63) is 0 Å². The van der Waals surface area contributed by atoms with Gasteiger partial charge >= 0.3 is 0 Å². The molecule has 0 radical (unpaired) electrons. The number of hydrogen-bond acceptors (Lipinski definition) is 4. The number of carboxylic acids is 1. The molecule has 0 aromatic rings. The topological polar surface area (TPSA) is 87.0 Å². The quantitative estimate of drug-likeness (QED) is 0.530. The van der Waals surface area contributed by atoms with Gasteiger partial charge in [0.1, 0.15) is 0 Å². The third kappa shape index (κ3) is 24.6. The van der Waals surface area contributed by atoms with E-state index in [1.165, 1.54) is 0 Å². The Hall–Kier alpha value is -0.650. The summed E-state index contributed by atoms with van der Waals surface area (Å²) < 4.78 is 4.84. The van der Waals surface area contributed by atoms with Crippen molar-refractivity contribution in [2.75, 3.05) is 19.8 Å². The van der Waals surface area contributed by atoms with E-state index in [1.54, 1.807) is 0 Å². The number of hydrogen-bond donors (Lipinski definition) is 3. The van der Waals surface area contributed by atoms with Crippen LogP contribution in [0.25, 0.3) is 0 Å². The van der Waals surface area contributed by atoms with Crippen molar-refractivity contribution < 1.29 is 24.9 Å². The minimum atomic E-state index is -0.833. The van der Waals surface area contributed by atoms with Crippen molar-refractivity contribution in [1.82, 2.24) is 0 Å². The number of carbonyl (C=O) groups is 1. The molecular formula is C8H18O5. The predicted molar refractivity (Wildman–Crippen MR) is 47.5 cm³/mol. The highest BCUT2D eigenvalue weighted by molar-refractivity contribution is 5.62. The molecule has 5 heteroatoms. The standard InChI is InChI=1S/C6H14O3.C2H4O2/c1-2-6(8)5-9-4-3-7;1-2(3)4/h6-8H,2-5H2,1H3;1H3,(H,3,4). The van der Waals surface area contributed by atoms with Crippen LogP contribution in [-0.4, -0.2) is 47.2 Å². The second-order valence-corrected chi connectivity index (χ2v) is 2.38. The highest BCUT2D eigenvalue weighted by Gasteiger charge is 1.97. The zero-order valence-corrected chi connectivity index (χ0v) is 8.06. The van der Waals surface area contributed by atoms with E-state index >= 15 is 0 Å². The molecule has 0 amide bonds. The van der Waals surface area contributed by atoms with Crippen LogP contribution < -0.4 is 0 Å². The Balaban J connectivity index is 0. The van der Waals surface area contributed by atoms with E-state index in [4.69, 9.17) is 24.9 Å². The number of rotatable bonds is 5. The summed E-state index contributed by atoms with van der Waals surface area (Å²) in [6, 6.07) is 0. The van der Waals surface area contributed by atoms with Gasteiger partial charge in [-0.05, 0) is 6.42 Å². The van der Waals surface area contributed by atoms with Gasteiger partial charge in [0.15, 0.2) is 0 Å². The molecule has 3 N–H and O–H groups in total. The van der Waals surface area contributed by atoms with Crippen LogP contribution in [0.15, 0.2) is 0 Å². The van der Waals surface area contributed by atoms with E-state index in [-0.39, 0.29) is 12.7 Å². The smallest absolute Gasteiger partial charge is 0.300 e. The number of aliphatic hydroxyl groups is 2. The molecule has 0 aromatic carbocycles. The van der Waals surface area contributed by atoms with E-state index in [1.807, 2.05) is 6.92 Å². The maximum absolute atomic E-state index is 9.00. The van der Waals surface area contributed by atoms with Crippen molar-refractivity contribution in [3.8, 4) is 0 Å². The molecule has 0 saturated carbocycles.